The van der Waals surface area contributed by atoms with Crippen LogP contribution in [0.3, 0.4) is 0 Å². The Bertz CT molecular complexity index is 246. The summed E-state index contributed by atoms with van der Waals surface area (Å²) in [6.07, 6.45) is 4.88. The van der Waals surface area contributed by atoms with Crippen LogP contribution < -0.4 is 0 Å². The van der Waals surface area contributed by atoms with Gasteiger partial charge in [-0.05, 0) is 13.8 Å². The van der Waals surface area contributed by atoms with E-state index in [-0.39, 0.29) is 18.3 Å². The third-order valence-electron chi connectivity index (χ3n) is 2.54. The van der Waals surface area contributed by atoms with Crippen molar-refractivity contribution in [2.45, 2.75) is 44.1 Å². The molecule has 3 heteroatoms. The number of hydrogen-bond donors (Lipinski definition) is 0. The number of fused-ring (bicyclic) bond motifs is 3. The van der Waals surface area contributed by atoms with Crippen LogP contribution in [0.4, 0.5) is 0 Å². The van der Waals surface area contributed by atoms with Crippen molar-refractivity contribution in [3.8, 4) is 0 Å². The Hall–Kier alpha value is -0.380. The normalized spacial score (nSPS) is 53.2. The molecule has 0 saturated carbocycles. The zero-order valence-electron chi connectivity index (χ0n) is 7.19. The Balaban J connectivity index is 1.88. The Kier molecular flexibility index (Phi) is 1.13. The maximum Gasteiger partial charge on any atom is 0.164 e. The average Bonchev–Trinajstić information content (AvgIpc) is 2.67. The molecule has 0 aromatic rings. The molecule has 12 heavy (non-hydrogen) atoms. The van der Waals surface area contributed by atoms with E-state index in [9.17, 15) is 0 Å². The Morgan fingerprint density at radius 2 is 1.75 bits per heavy atom. The van der Waals surface area contributed by atoms with Gasteiger partial charge in [0.05, 0.1) is 0 Å². The van der Waals surface area contributed by atoms with Crippen LogP contribution in [-0.2, 0) is 14.2 Å². The van der Waals surface area contributed by atoms with Crippen molar-refractivity contribution in [2.24, 2.45) is 0 Å². The van der Waals surface area contributed by atoms with Gasteiger partial charge in [0.2, 0.25) is 0 Å². The molecular formula is C9H12O3. The van der Waals surface area contributed by atoms with Gasteiger partial charge in [0.25, 0.3) is 0 Å². The molecule has 66 valence electrons. The molecule has 3 nitrogen and oxygen atoms in total. The molecule has 2 aliphatic heterocycles. The van der Waals surface area contributed by atoms with E-state index in [1.54, 1.807) is 0 Å². The summed E-state index contributed by atoms with van der Waals surface area (Å²) in [4.78, 5) is 0. The lowest BCUT2D eigenvalue weighted by Gasteiger charge is -2.15. The van der Waals surface area contributed by atoms with E-state index in [4.69, 9.17) is 14.2 Å². The first kappa shape index (κ1) is 7.06. The molecule has 1 aliphatic carbocycles. The highest BCUT2D eigenvalue weighted by molar-refractivity contribution is 5.18. The summed E-state index contributed by atoms with van der Waals surface area (Å²) in [5.41, 5.74) is 0. The van der Waals surface area contributed by atoms with Crippen LogP contribution in [0.15, 0.2) is 12.2 Å². The highest BCUT2D eigenvalue weighted by atomic mass is 16.8. The second-order valence-corrected chi connectivity index (χ2v) is 4.01. The van der Waals surface area contributed by atoms with Gasteiger partial charge in [-0.2, -0.15) is 0 Å². The summed E-state index contributed by atoms with van der Waals surface area (Å²) in [6.45, 7) is 3.88. The van der Waals surface area contributed by atoms with Gasteiger partial charge in [-0.15, -0.1) is 0 Å². The van der Waals surface area contributed by atoms with Gasteiger partial charge >= 0.3 is 0 Å². The van der Waals surface area contributed by atoms with Crippen molar-refractivity contribution in [3.05, 3.63) is 12.2 Å². The summed E-state index contributed by atoms with van der Waals surface area (Å²) < 4.78 is 16.8. The highest BCUT2D eigenvalue weighted by Gasteiger charge is 2.56. The molecule has 4 atom stereocenters. The standard InChI is InChI=1S/C9H12O3/c1-9(2)11-6-4-3-5-7(10-5)8(6)12-9/h3-8H,1-2H3/t5-,6-,7-,8-/m1/s1. The fourth-order valence-electron chi connectivity index (χ4n) is 1.99. The summed E-state index contributed by atoms with van der Waals surface area (Å²) >= 11 is 0. The molecule has 0 unspecified atom stereocenters. The smallest absolute Gasteiger partial charge is 0.164 e. The molecule has 0 aromatic heterocycles. The first-order chi connectivity index (χ1) is 5.66. The summed E-state index contributed by atoms with van der Waals surface area (Å²) in [7, 11) is 0. The minimum absolute atomic E-state index is 0.101. The van der Waals surface area contributed by atoms with Gasteiger partial charge < -0.3 is 14.2 Å². The monoisotopic (exact) mass is 168 g/mol. The van der Waals surface area contributed by atoms with Crippen LogP contribution in [0.5, 0.6) is 0 Å². The molecular weight excluding hydrogens is 156 g/mol. The first-order valence-electron chi connectivity index (χ1n) is 4.35. The van der Waals surface area contributed by atoms with Gasteiger partial charge in [-0.3, -0.25) is 0 Å². The van der Waals surface area contributed by atoms with E-state index in [0.29, 0.717) is 6.10 Å². The maximum atomic E-state index is 5.71. The summed E-state index contributed by atoms with van der Waals surface area (Å²) in [5, 5.41) is 0. The molecule has 2 saturated heterocycles. The van der Waals surface area contributed by atoms with Crippen LogP contribution in [0.25, 0.3) is 0 Å². The molecule has 3 rings (SSSR count). The summed E-state index contributed by atoms with van der Waals surface area (Å²) in [5.74, 6) is -0.444. The van der Waals surface area contributed by atoms with Crippen LogP contribution in [-0.4, -0.2) is 30.2 Å². The number of epoxide rings is 1. The SMILES string of the molecule is CC1(C)O[C@H]2[C@@H]3O[C@@H]3C=C[C@H]2O1. The Labute approximate surface area is 71.3 Å². The van der Waals surface area contributed by atoms with Crippen molar-refractivity contribution in [1.29, 1.82) is 0 Å². The predicted octanol–water partition coefficient (Wildman–Crippen LogP) is 0.844. The molecule has 0 radical (unpaired) electrons. The van der Waals surface area contributed by atoms with Crippen molar-refractivity contribution in [1.82, 2.24) is 0 Å². The van der Waals surface area contributed by atoms with E-state index in [1.165, 1.54) is 0 Å². The van der Waals surface area contributed by atoms with E-state index >= 15 is 0 Å². The van der Waals surface area contributed by atoms with Gasteiger partial charge in [0, 0.05) is 0 Å². The summed E-state index contributed by atoms with van der Waals surface area (Å²) in [6, 6.07) is 0. The lowest BCUT2D eigenvalue weighted by Crippen LogP contribution is -2.30. The number of rotatable bonds is 0. The molecule has 2 fully saturated rings. The second kappa shape index (κ2) is 1.92. The topological polar surface area (TPSA) is 31.0 Å². The minimum Gasteiger partial charge on any atom is -0.362 e. The first-order valence-corrected chi connectivity index (χ1v) is 4.35. The van der Waals surface area contributed by atoms with E-state index in [1.807, 2.05) is 19.9 Å². The zero-order chi connectivity index (χ0) is 8.34. The van der Waals surface area contributed by atoms with Gasteiger partial charge in [-0.25, -0.2) is 0 Å². The average molecular weight is 168 g/mol. The molecule has 0 bridgehead atoms. The maximum absolute atomic E-state index is 5.71. The van der Waals surface area contributed by atoms with Crippen molar-refractivity contribution < 1.29 is 14.2 Å². The fraction of sp³-hybridized carbons (Fsp3) is 0.778. The molecule has 3 aliphatic rings. The molecule has 2 heterocycles. The van der Waals surface area contributed by atoms with Crippen LogP contribution >= 0.6 is 0 Å². The highest BCUT2D eigenvalue weighted by Crippen LogP contribution is 2.42. The quantitative estimate of drug-likeness (QED) is 0.397. The lowest BCUT2D eigenvalue weighted by atomic mass is 10.0. The molecule has 0 aromatic carbocycles. The lowest BCUT2D eigenvalue weighted by molar-refractivity contribution is -0.144. The fourth-order valence-corrected chi connectivity index (χ4v) is 1.99. The van der Waals surface area contributed by atoms with Crippen molar-refractivity contribution >= 4 is 0 Å². The largest absolute Gasteiger partial charge is 0.362 e. The van der Waals surface area contributed by atoms with Crippen LogP contribution in [0.1, 0.15) is 13.8 Å². The minimum atomic E-state index is -0.444. The second-order valence-electron chi connectivity index (χ2n) is 4.01. The third-order valence-corrected chi connectivity index (χ3v) is 2.54. The number of hydrogen-bond acceptors (Lipinski definition) is 3. The van der Waals surface area contributed by atoms with Crippen molar-refractivity contribution in [3.63, 3.8) is 0 Å². The Morgan fingerprint density at radius 1 is 1.00 bits per heavy atom. The molecule has 0 spiro atoms. The molecule has 0 N–H and O–H groups in total. The van der Waals surface area contributed by atoms with E-state index in [0.717, 1.165) is 0 Å². The Morgan fingerprint density at radius 3 is 2.58 bits per heavy atom. The van der Waals surface area contributed by atoms with E-state index in [2.05, 4.69) is 6.08 Å². The molecule has 0 amide bonds. The zero-order valence-corrected chi connectivity index (χ0v) is 7.19. The third kappa shape index (κ3) is 0.873. The van der Waals surface area contributed by atoms with Crippen LogP contribution in [0, 0.1) is 0 Å². The van der Waals surface area contributed by atoms with E-state index < -0.39 is 5.79 Å². The van der Waals surface area contributed by atoms with Gasteiger partial charge in [0.1, 0.15) is 24.4 Å². The van der Waals surface area contributed by atoms with Gasteiger partial charge in [0.15, 0.2) is 5.79 Å². The predicted molar refractivity (Wildman–Crippen MR) is 41.6 cm³/mol. The van der Waals surface area contributed by atoms with Gasteiger partial charge in [-0.1, -0.05) is 12.2 Å². The van der Waals surface area contributed by atoms with Crippen molar-refractivity contribution in [2.75, 3.05) is 0 Å². The van der Waals surface area contributed by atoms with Crippen LogP contribution in [0.2, 0.25) is 0 Å². The number of ether oxygens (including phenoxy) is 3.